The summed E-state index contributed by atoms with van der Waals surface area (Å²) in [5.41, 5.74) is 2.44. The van der Waals surface area contributed by atoms with Crippen LogP contribution in [-0.2, 0) is 11.3 Å². The number of hydrogen-bond donors (Lipinski definition) is 2. The predicted octanol–water partition coefficient (Wildman–Crippen LogP) is 5.08. The molecular weight excluding hydrogens is 419 g/mol. The molecule has 4 rings (SSSR count). The van der Waals surface area contributed by atoms with Crippen molar-refractivity contribution in [1.82, 2.24) is 14.8 Å². The number of carbonyl (C=O) groups is 1. The molecule has 6 nitrogen and oxygen atoms in total. The number of carbonyl (C=O) groups excluding carboxylic acids is 1. The Morgan fingerprint density at radius 3 is 2.48 bits per heavy atom. The highest BCUT2D eigenvalue weighted by atomic mass is 19.1. The molecule has 0 bridgehead atoms. The van der Waals surface area contributed by atoms with Gasteiger partial charge in [0, 0.05) is 54.3 Å². The van der Waals surface area contributed by atoms with E-state index in [1.54, 1.807) is 6.07 Å². The molecular formula is C26H37FN4O2. The fraction of sp³-hybridized carbons (Fsp3) is 0.615. The van der Waals surface area contributed by atoms with Gasteiger partial charge in [0.25, 0.3) is 0 Å². The van der Waals surface area contributed by atoms with Gasteiger partial charge < -0.3 is 20.0 Å². The van der Waals surface area contributed by atoms with Crippen LogP contribution in [0.5, 0.6) is 0 Å². The Morgan fingerprint density at radius 1 is 1.18 bits per heavy atom. The molecule has 0 unspecified atom stereocenters. The number of hydrogen-bond acceptors (Lipinski definition) is 4. The van der Waals surface area contributed by atoms with Gasteiger partial charge in [-0.3, -0.25) is 4.79 Å². The number of likely N-dealkylation sites (tertiary alicyclic amines) is 1. The maximum Gasteiger partial charge on any atom is 0.217 e. The number of nitrogens with one attached hydrogen (secondary N) is 1. The molecule has 2 aromatic rings. The highest BCUT2D eigenvalue weighted by Gasteiger charge is 2.32. The maximum atomic E-state index is 14.1. The van der Waals surface area contributed by atoms with Crippen LogP contribution in [0.15, 0.2) is 23.4 Å². The Labute approximate surface area is 195 Å². The highest BCUT2D eigenvalue weighted by molar-refractivity contribution is 6.01. The number of aromatic nitrogens is 1. The monoisotopic (exact) mass is 456 g/mol. The van der Waals surface area contributed by atoms with E-state index in [2.05, 4.69) is 33.8 Å². The predicted molar refractivity (Wildman–Crippen MR) is 129 cm³/mol. The van der Waals surface area contributed by atoms with Crippen molar-refractivity contribution in [2.24, 2.45) is 17.0 Å². The van der Waals surface area contributed by atoms with E-state index in [0.29, 0.717) is 23.5 Å². The number of piperidine rings is 1. The third-order valence-electron chi connectivity index (χ3n) is 7.87. The molecule has 1 saturated carbocycles. The Morgan fingerprint density at radius 2 is 1.88 bits per heavy atom. The van der Waals surface area contributed by atoms with Crippen molar-refractivity contribution in [3.8, 4) is 0 Å². The molecule has 1 aromatic carbocycles. The van der Waals surface area contributed by atoms with Gasteiger partial charge in [-0.2, -0.15) is 0 Å². The molecule has 2 fully saturated rings. The lowest BCUT2D eigenvalue weighted by atomic mass is 9.79. The third kappa shape index (κ3) is 5.08. The van der Waals surface area contributed by atoms with Crippen molar-refractivity contribution < 1.29 is 14.4 Å². The van der Waals surface area contributed by atoms with Gasteiger partial charge in [-0.1, -0.05) is 19.0 Å². The standard InChI is InChI=1S/C26H37FN4O2/c1-17(2)19-4-7-21(8-5-19)30-12-10-22(11-13-30)31-25-9-6-20(27)14-23(25)24(15-29-33)26(31)16-28-18(3)32/h6,9,14-15,17,19,21-22,33H,4-5,7-8,10-13,16H2,1-3H3,(H,28,32)/b29-15-. The molecule has 180 valence electrons. The molecule has 0 atom stereocenters. The first-order valence-electron chi connectivity index (χ1n) is 12.4. The first-order valence-corrected chi connectivity index (χ1v) is 12.4. The average molecular weight is 457 g/mol. The Kier molecular flexibility index (Phi) is 7.37. The first-order chi connectivity index (χ1) is 15.9. The lowest BCUT2D eigenvalue weighted by Gasteiger charge is -2.42. The molecule has 2 N–H and O–H groups in total. The van der Waals surface area contributed by atoms with Gasteiger partial charge >= 0.3 is 0 Å². The van der Waals surface area contributed by atoms with E-state index in [9.17, 15) is 14.4 Å². The minimum atomic E-state index is -0.329. The molecule has 1 aliphatic carbocycles. The first kappa shape index (κ1) is 23.7. The summed E-state index contributed by atoms with van der Waals surface area (Å²) < 4.78 is 16.3. The minimum absolute atomic E-state index is 0.128. The molecule has 1 amide bonds. The molecule has 7 heteroatoms. The van der Waals surface area contributed by atoms with Crippen molar-refractivity contribution in [3.05, 3.63) is 35.3 Å². The van der Waals surface area contributed by atoms with Crippen LogP contribution in [0.1, 0.15) is 76.6 Å². The average Bonchev–Trinajstić information content (AvgIpc) is 3.10. The van der Waals surface area contributed by atoms with Gasteiger partial charge in [-0.05, 0) is 68.6 Å². The fourth-order valence-electron chi connectivity index (χ4n) is 6.01. The summed E-state index contributed by atoms with van der Waals surface area (Å²) in [7, 11) is 0. The number of fused-ring (bicyclic) bond motifs is 1. The van der Waals surface area contributed by atoms with Gasteiger partial charge in [0.15, 0.2) is 0 Å². The van der Waals surface area contributed by atoms with Crippen LogP contribution in [0.3, 0.4) is 0 Å². The summed E-state index contributed by atoms with van der Waals surface area (Å²) in [4.78, 5) is 14.3. The molecule has 2 heterocycles. The van der Waals surface area contributed by atoms with Crippen molar-refractivity contribution in [2.45, 2.75) is 77.9 Å². The smallest absolute Gasteiger partial charge is 0.217 e. The second-order valence-corrected chi connectivity index (χ2v) is 10.1. The zero-order valence-electron chi connectivity index (χ0n) is 20.1. The van der Waals surface area contributed by atoms with Crippen LogP contribution in [0.4, 0.5) is 4.39 Å². The zero-order valence-corrected chi connectivity index (χ0v) is 20.1. The number of halogens is 1. The minimum Gasteiger partial charge on any atom is -0.411 e. The van der Waals surface area contributed by atoms with Crippen LogP contribution in [0.2, 0.25) is 0 Å². The number of oxime groups is 1. The van der Waals surface area contributed by atoms with Crippen LogP contribution < -0.4 is 5.32 Å². The summed E-state index contributed by atoms with van der Waals surface area (Å²) in [6.07, 6.45) is 8.63. The lowest BCUT2D eigenvalue weighted by molar-refractivity contribution is -0.119. The Balaban J connectivity index is 1.57. The summed E-state index contributed by atoms with van der Waals surface area (Å²) in [6, 6.07) is 5.71. The lowest BCUT2D eigenvalue weighted by Crippen LogP contribution is -2.44. The van der Waals surface area contributed by atoms with Gasteiger partial charge in [-0.25, -0.2) is 4.39 Å². The molecule has 1 aromatic heterocycles. The Hall–Kier alpha value is -2.41. The summed E-state index contributed by atoms with van der Waals surface area (Å²) in [5, 5.41) is 16.1. The SMILES string of the molecule is CC(=O)NCc1c(/C=N\O)c2cc(F)ccc2n1C1CCN(C2CCC(C(C)C)CC2)CC1. The van der Waals surface area contributed by atoms with Crippen molar-refractivity contribution in [3.63, 3.8) is 0 Å². The van der Waals surface area contributed by atoms with Crippen LogP contribution in [0, 0.1) is 17.7 Å². The van der Waals surface area contributed by atoms with E-state index in [-0.39, 0.29) is 17.8 Å². The highest BCUT2D eigenvalue weighted by Crippen LogP contribution is 2.37. The summed E-state index contributed by atoms with van der Waals surface area (Å²) >= 11 is 0. The third-order valence-corrected chi connectivity index (χ3v) is 7.87. The molecule has 2 aliphatic rings. The second-order valence-electron chi connectivity index (χ2n) is 10.1. The van der Waals surface area contributed by atoms with Gasteiger partial charge in [0.1, 0.15) is 5.82 Å². The molecule has 1 saturated heterocycles. The maximum absolute atomic E-state index is 14.1. The van der Waals surface area contributed by atoms with Gasteiger partial charge in [-0.15, -0.1) is 0 Å². The topological polar surface area (TPSA) is 69.9 Å². The summed E-state index contributed by atoms with van der Waals surface area (Å²) in [5.74, 6) is 1.19. The van der Waals surface area contributed by atoms with E-state index in [0.717, 1.165) is 49.0 Å². The molecule has 1 aliphatic heterocycles. The van der Waals surface area contributed by atoms with E-state index >= 15 is 0 Å². The number of rotatable bonds is 6. The van der Waals surface area contributed by atoms with Crippen molar-refractivity contribution in [2.75, 3.05) is 13.1 Å². The van der Waals surface area contributed by atoms with Crippen LogP contribution >= 0.6 is 0 Å². The number of benzene rings is 1. The van der Waals surface area contributed by atoms with E-state index < -0.39 is 0 Å². The quantitative estimate of drug-likeness (QED) is 0.362. The van der Waals surface area contributed by atoms with Crippen LogP contribution in [0.25, 0.3) is 10.9 Å². The van der Waals surface area contributed by atoms with E-state index in [1.807, 2.05) is 0 Å². The molecule has 0 spiro atoms. The normalized spacial score (nSPS) is 23.1. The molecule has 0 radical (unpaired) electrons. The largest absolute Gasteiger partial charge is 0.411 e. The van der Waals surface area contributed by atoms with Gasteiger partial charge in [0.05, 0.1) is 12.8 Å². The number of nitrogens with zero attached hydrogens (tertiary/aromatic N) is 3. The second kappa shape index (κ2) is 10.2. The zero-order chi connectivity index (χ0) is 23.5. The van der Waals surface area contributed by atoms with Crippen molar-refractivity contribution >= 4 is 23.0 Å². The van der Waals surface area contributed by atoms with Crippen LogP contribution in [-0.4, -0.2) is 45.9 Å². The van der Waals surface area contributed by atoms with Crippen molar-refractivity contribution in [1.29, 1.82) is 0 Å². The summed E-state index contributed by atoms with van der Waals surface area (Å²) in [6.45, 7) is 8.58. The fourth-order valence-corrected chi connectivity index (χ4v) is 6.01. The van der Waals surface area contributed by atoms with Gasteiger partial charge in [0.2, 0.25) is 5.91 Å². The van der Waals surface area contributed by atoms with E-state index in [4.69, 9.17) is 0 Å². The molecule has 33 heavy (non-hydrogen) atoms. The number of amides is 1. The Bertz CT molecular complexity index is 999. The van der Waals surface area contributed by atoms with E-state index in [1.165, 1.54) is 51.0 Å².